The third kappa shape index (κ3) is 2.30. The third-order valence-corrected chi connectivity index (χ3v) is 3.29. The minimum Gasteiger partial charge on any atom is -0.481 e. The summed E-state index contributed by atoms with van der Waals surface area (Å²) < 4.78 is 0. The zero-order chi connectivity index (χ0) is 11.0. The highest BCUT2D eigenvalue weighted by atomic mass is 16.4. The van der Waals surface area contributed by atoms with Crippen LogP contribution in [-0.2, 0) is 9.59 Å². The molecule has 0 spiro atoms. The Hall–Kier alpha value is -1.06. The number of amides is 1. The Morgan fingerprint density at radius 1 is 1.33 bits per heavy atom. The normalized spacial score (nSPS) is 28.6. The Morgan fingerprint density at radius 3 is 2.40 bits per heavy atom. The van der Waals surface area contributed by atoms with Crippen LogP contribution in [0.2, 0.25) is 0 Å². The molecular weight excluding hydrogens is 194 g/mol. The Morgan fingerprint density at radius 2 is 2.00 bits per heavy atom. The maximum Gasteiger partial charge on any atom is 0.307 e. The fourth-order valence-corrected chi connectivity index (χ4v) is 1.96. The van der Waals surface area contributed by atoms with Crippen LogP contribution < -0.4 is 0 Å². The maximum absolute atomic E-state index is 11.9. The third-order valence-electron chi connectivity index (χ3n) is 3.29. The van der Waals surface area contributed by atoms with E-state index in [9.17, 15) is 9.59 Å². The second-order valence-electron chi connectivity index (χ2n) is 4.61. The van der Waals surface area contributed by atoms with Crippen molar-refractivity contribution in [1.29, 1.82) is 0 Å². The zero-order valence-corrected chi connectivity index (χ0v) is 8.98. The second-order valence-corrected chi connectivity index (χ2v) is 4.61. The molecule has 0 aromatic rings. The van der Waals surface area contributed by atoms with E-state index in [1.165, 1.54) is 12.8 Å². The lowest BCUT2D eigenvalue weighted by atomic mass is 10.2. The quantitative estimate of drug-likeness (QED) is 0.737. The number of nitrogens with zero attached hydrogens (tertiary/aromatic N) is 1. The van der Waals surface area contributed by atoms with Crippen molar-refractivity contribution in [2.75, 3.05) is 13.1 Å². The van der Waals surface area contributed by atoms with Gasteiger partial charge < -0.3 is 10.0 Å². The van der Waals surface area contributed by atoms with E-state index in [2.05, 4.69) is 0 Å². The first-order valence-electron chi connectivity index (χ1n) is 5.65. The molecule has 0 saturated heterocycles. The maximum atomic E-state index is 11.9. The van der Waals surface area contributed by atoms with Gasteiger partial charge in [-0.15, -0.1) is 0 Å². The molecule has 2 atom stereocenters. The number of carboxylic acids is 1. The van der Waals surface area contributed by atoms with Crippen molar-refractivity contribution >= 4 is 11.9 Å². The number of hydrogen-bond donors (Lipinski definition) is 1. The molecule has 2 fully saturated rings. The molecule has 4 heteroatoms. The van der Waals surface area contributed by atoms with Crippen molar-refractivity contribution in [3.05, 3.63) is 0 Å². The van der Waals surface area contributed by atoms with Crippen LogP contribution in [0.5, 0.6) is 0 Å². The van der Waals surface area contributed by atoms with Crippen LogP contribution in [0, 0.1) is 17.8 Å². The van der Waals surface area contributed by atoms with Gasteiger partial charge in [0.05, 0.1) is 11.8 Å². The van der Waals surface area contributed by atoms with Crippen LogP contribution in [0.15, 0.2) is 0 Å². The highest BCUT2D eigenvalue weighted by Crippen LogP contribution is 2.41. The van der Waals surface area contributed by atoms with E-state index < -0.39 is 11.9 Å². The highest BCUT2D eigenvalue weighted by molar-refractivity contribution is 5.89. The average Bonchev–Trinajstić information content (AvgIpc) is 3.04. The minimum absolute atomic E-state index is 0.0526. The number of carboxylic acid groups (broad SMARTS) is 1. The summed E-state index contributed by atoms with van der Waals surface area (Å²) in [4.78, 5) is 24.4. The molecule has 2 aliphatic carbocycles. The fraction of sp³-hybridized carbons (Fsp3) is 0.818. The second kappa shape index (κ2) is 3.83. The van der Waals surface area contributed by atoms with E-state index in [0.717, 1.165) is 6.54 Å². The summed E-state index contributed by atoms with van der Waals surface area (Å²) in [7, 11) is 0. The van der Waals surface area contributed by atoms with Gasteiger partial charge in [0.15, 0.2) is 0 Å². The Kier molecular flexibility index (Phi) is 2.67. The van der Waals surface area contributed by atoms with Crippen molar-refractivity contribution in [3.8, 4) is 0 Å². The molecule has 84 valence electrons. The van der Waals surface area contributed by atoms with Gasteiger partial charge in [-0.3, -0.25) is 9.59 Å². The van der Waals surface area contributed by atoms with Gasteiger partial charge in [0.25, 0.3) is 0 Å². The van der Waals surface area contributed by atoms with Gasteiger partial charge in [0.1, 0.15) is 0 Å². The Balaban J connectivity index is 1.85. The van der Waals surface area contributed by atoms with Crippen LogP contribution in [-0.4, -0.2) is 35.0 Å². The van der Waals surface area contributed by atoms with Gasteiger partial charge >= 0.3 is 5.97 Å². The van der Waals surface area contributed by atoms with E-state index in [-0.39, 0.29) is 11.8 Å². The van der Waals surface area contributed by atoms with Crippen molar-refractivity contribution < 1.29 is 14.7 Å². The topological polar surface area (TPSA) is 57.6 Å². The van der Waals surface area contributed by atoms with Gasteiger partial charge in [0.2, 0.25) is 5.91 Å². The van der Waals surface area contributed by atoms with Gasteiger partial charge in [0, 0.05) is 13.1 Å². The summed E-state index contributed by atoms with van der Waals surface area (Å²) in [5, 5.41) is 8.75. The van der Waals surface area contributed by atoms with E-state index >= 15 is 0 Å². The minimum atomic E-state index is -0.823. The van der Waals surface area contributed by atoms with Crippen LogP contribution in [0.25, 0.3) is 0 Å². The summed E-state index contributed by atoms with van der Waals surface area (Å²) in [6, 6.07) is 0. The zero-order valence-electron chi connectivity index (χ0n) is 8.98. The van der Waals surface area contributed by atoms with Gasteiger partial charge in [-0.2, -0.15) is 0 Å². The molecule has 1 amide bonds. The first-order valence-corrected chi connectivity index (χ1v) is 5.65. The van der Waals surface area contributed by atoms with E-state index in [1.807, 2.05) is 11.8 Å². The number of carbonyl (C=O) groups excluding carboxylic acids is 1. The average molecular weight is 211 g/mol. The van der Waals surface area contributed by atoms with Gasteiger partial charge in [-0.25, -0.2) is 0 Å². The largest absolute Gasteiger partial charge is 0.481 e. The molecule has 15 heavy (non-hydrogen) atoms. The van der Waals surface area contributed by atoms with Crippen molar-refractivity contribution in [2.45, 2.75) is 26.2 Å². The van der Waals surface area contributed by atoms with Gasteiger partial charge in [-0.05, 0) is 32.1 Å². The fourth-order valence-electron chi connectivity index (χ4n) is 1.96. The molecule has 0 bridgehead atoms. The summed E-state index contributed by atoms with van der Waals surface area (Å²) in [5.41, 5.74) is 0. The monoisotopic (exact) mass is 211 g/mol. The van der Waals surface area contributed by atoms with Crippen molar-refractivity contribution in [3.63, 3.8) is 0 Å². The molecule has 2 rings (SSSR count). The molecule has 2 aliphatic rings. The Bertz CT molecular complexity index is 286. The predicted molar refractivity (Wildman–Crippen MR) is 54.2 cm³/mol. The van der Waals surface area contributed by atoms with Crippen molar-refractivity contribution in [2.24, 2.45) is 17.8 Å². The Labute approximate surface area is 89.3 Å². The SMILES string of the molecule is CCN(CC1CC1)C(=O)[C@@H]1C[C@@H]1C(=O)O. The molecule has 1 N–H and O–H groups in total. The number of rotatable bonds is 5. The first-order chi connectivity index (χ1) is 7.13. The molecular formula is C11H17NO3. The molecule has 0 unspecified atom stereocenters. The summed E-state index contributed by atoms with van der Waals surface area (Å²) in [5.74, 6) is -0.740. The standard InChI is InChI=1S/C11H17NO3/c1-2-12(6-7-3-4-7)10(13)8-5-9(8)11(14)15/h7-9H,2-6H2,1H3,(H,14,15)/t8-,9+/m1/s1. The first kappa shape index (κ1) is 10.5. The number of aliphatic carboxylic acids is 1. The van der Waals surface area contributed by atoms with Gasteiger partial charge in [-0.1, -0.05) is 0 Å². The van der Waals surface area contributed by atoms with Crippen LogP contribution in [0.1, 0.15) is 26.2 Å². The summed E-state index contributed by atoms with van der Waals surface area (Å²) in [6.45, 7) is 3.49. The van der Waals surface area contributed by atoms with Crippen LogP contribution in [0.3, 0.4) is 0 Å². The number of hydrogen-bond acceptors (Lipinski definition) is 2. The molecule has 4 nitrogen and oxygen atoms in total. The summed E-state index contributed by atoms with van der Waals surface area (Å²) in [6.07, 6.45) is 2.98. The molecule has 0 heterocycles. The lowest BCUT2D eigenvalue weighted by Crippen LogP contribution is -2.34. The molecule has 0 aliphatic heterocycles. The van der Waals surface area contributed by atoms with Crippen LogP contribution >= 0.6 is 0 Å². The highest BCUT2D eigenvalue weighted by Gasteiger charge is 2.49. The molecule has 0 aromatic carbocycles. The predicted octanol–water partition coefficient (Wildman–Crippen LogP) is 0.966. The van der Waals surface area contributed by atoms with E-state index in [4.69, 9.17) is 5.11 Å². The lowest BCUT2D eigenvalue weighted by molar-refractivity contribution is -0.142. The summed E-state index contributed by atoms with van der Waals surface area (Å²) >= 11 is 0. The molecule has 2 saturated carbocycles. The smallest absolute Gasteiger partial charge is 0.307 e. The van der Waals surface area contributed by atoms with E-state index in [0.29, 0.717) is 18.9 Å². The van der Waals surface area contributed by atoms with E-state index in [1.54, 1.807) is 0 Å². The molecule has 0 aromatic heterocycles. The molecule has 0 radical (unpaired) electrons. The lowest BCUT2D eigenvalue weighted by Gasteiger charge is -2.20. The van der Waals surface area contributed by atoms with Crippen molar-refractivity contribution in [1.82, 2.24) is 4.90 Å². The van der Waals surface area contributed by atoms with Crippen LogP contribution in [0.4, 0.5) is 0 Å². The number of carbonyl (C=O) groups is 2.